The molecule has 2 heterocycles. The Bertz CT molecular complexity index is 1340. The number of nitrogens with one attached hydrogen (secondary N) is 1. The molecule has 2 aromatic heterocycles. The summed E-state index contributed by atoms with van der Waals surface area (Å²) in [6.45, 7) is 4.29. The van der Waals surface area contributed by atoms with Crippen LogP contribution in [0.15, 0.2) is 65.1 Å². The summed E-state index contributed by atoms with van der Waals surface area (Å²) in [5.74, 6) is 1.65. The minimum atomic E-state index is -0.207. The molecule has 0 unspecified atom stereocenters. The minimum absolute atomic E-state index is 0.132. The number of hydrogen-bond acceptors (Lipinski definition) is 7. The molecule has 0 saturated heterocycles. The van der Waals surface area contributed by atoms with Crippen molar-refractivity contribution in [2.24, 2.45) is 0 Å². The Hall–Kier alpha value is -3.61. The van der Waals surface area contributed by atoms with Gasteiger partial charge >= 0.3 is 0 Å². The van der Waals surface area contributed by atoms with Crippen molar-refractivity contribution in [3.05, 3.63) is 71.1 Å². The molecule has 0 fully saturated rings. The fourth-order valence-corrected chi connectivity index (χ4v) is 4.97. The van der Waals surface area contributed by atoms with Crippen LogP contribution in [0.5, 0.6) is 5.75 Å². The van der Waals surface area contributed by atoms with E-state index in [-0.39, 0.29) is 17.6 Å². The number of anilines is 1. The van der Waals surface area contributed by atoms with E-state index in [1.54, 1.807) is 18.6 Å². The molecule has 4 aromatic rings. The lowest BCUT2D eigenvalue weighted by Crippen LogP contribution is -2.14. The van der Waals surface area contributed by atoms with Gasteiger partial charge in [0, 0.05) is 5.56 Å². The van der Waals surface area contributed by atoms with Gasteiger partial charge in [-0.3, -0.25) is 9.36 Å². The molecule has 34 heavy (non-hydrogen) atoms. The fraction of sp³-hybridized carbons (Fsp3) is 0.200. The largest absolute Gasteiger partial charge is 0.497 e. The number of para-hydroxylation sites is 1. The predicted octanol–water partition coefficient (Wildman–Crippen LogP) is 5.73. The number of nitriles is 1. The number of carbonyl (C=O) groups excluding carboxylic acids is 1. The molecule has 1 N–H and O–H groups in total. The van der Waals surface area contributed by atoms with Crippen molar-refractivity contribution in [2.75, 3.05) is 18.2 Å². The molecule has 0 bridgehead atoms. The van der Waals surface area contributed by atoms with Gasteiger partial charge in [-0.15, -0.1) is 21.5 Å². The Labute approximate surface area is 206 Å². The third kappa shape index (κ3) is 4.98. The summed E-state index contributed by atoms with van der Waals surface area (Å²) in [5.41, 5.74) is 3.47. The smallest absolute Gasteiger partial charge is 0.235 e. The highest BCUT2D eigenvalue weighted by atomic mass is 32.2. The lowest BCUT2D eigenvalue weighted by Gasteiger charge is -2.17. The number of nitrogens with zero attached hydrogens (tertiary/aromatic N) is 4. The third-order valence-electron chi connectivity index (χ3n) is 5.15. The fourth-order valence-electron chi connectivity index (χ4n) is 3.47. The number of ether oxygens (including phenoxy) is 1. The maximum atomic E-state index is 12.6. The summed E-state index contributed by atoms with van der Waals surface area (Å²) in [5, 5.41) is 23.8. The van der Waals surface area contributed by atoms with E-state index in [2.05, 4.69) is 41.5 Å². The second kappa shape index (κ2) is 10.5. The summed E-state index contributed by atoms with van der Waals surface area (Å²) in [7, 11) is 1.63. The van der Waals surface area contributed by atoms with Crippen molar-refractivity contribution >= 4 is 34.0 Å². The second-order valence-corrected chi connectivity index (χ2v) is 9.55. The van der Waals surface area contributed by atoms with Gasteiger partial charge in [0.2, 0.25) is 5.91 Å². The van der Waals surface area contributed by atoms with Crippen molar-refractivity contribution in [1.82, 2.24) is 14.8 Å². The normalized spacial score (nSPS) is 10.8. The number of aromatic nitrogens is 3. The average molecular weight is 490 g/mol. The van der Waals surface area contributed by atoms with Gasteiger partial charge in [0.1, 0.15) is 16.8 Å². The van der Waals surface area contributed by atoms with Crippen molar-refractivity contribution in [1.29, 1.82) is 5.26 Å². The zero-order valence-electron chi connectivity index (χ0n) is 19.0. The Morgan fingerprint density at radius 1 is 1.18 bits per heavy atom. The van der Waals surface area contributed by atoms with Gasteiger partial charge in [0.05, 0.1) is 24.1 Å². The number of amides is 1. The van der Waals surface area contributed by atoms with Gasteiger partial charge in [0.15, 0.2) is 11.0 Å². The third-order valence-corrected chi connectivity index (χ3v) is 6.91. The molecule has 7 nitrogen and oxygen atoms in total. The van der Waals surface area contributed by atoms with Crippen LogP contribution in [-0.2, 0) is 4.79 Å². The molecule has 172 valence electrons. The zero-order valence-corrected chi connectivity index (χ0v) is 20.6. The molecular formula is C25H23N5O2S2. The van der Waals surface area contributed by atoms with Crippen molar-refractivity contribution in [3.8, 4) is 28.9 Å². The highest BCUT2D eigenvalue weighted by Gasteiger charge is 2.20. The first-order valence-electron chi connectivity index (χ1n) is 10.6. The summed E-state index contributed by atoms with van der Waals surface area (Å²) in [6, 6.07) is 19.6. The molecule has 9 heteroatoms. The van der Waals surface area contributed by atoms with Gasteiger partial charge in [0.25, 0.3) is 0 Å². The van der Waals surface area contributed by atoms with E-state index in [1.807, 2.05) is 47.0 Å². The van der Waals surface area contributed by atoms with Crippen LogP contribution in [0, 0.1) is 11.3 Å². The van der Waals surface area contributed by atoms with Gasteiger partial charge < -0.3 is 10.1 Å². The summed E-state index contributed by atoms with van der Waals surface area (Å²) in [6.07, 6.45) is 0. The highest BCUT2D eigenvalue weighted by Crippen LogP contribution is 2.33. The average Bonchev–Trinajstić information content (AvgIpc) is 3.49. The van der Waals surface area contributed by atoms with Crippen molar-refractivity contribution < 1.29 is 9.53 Å². The molecule has 2 aromatic carbocycles. The Morgan fingerprint density at radius 2 is 1.94 bits per heavy atom. The first kappa shape index (κ1) is 23.5. The number of carbonyl (C=O) groups is 1. The molecule has 1 amide bonds. The Kier molecular flexibility index (Phi) is 7.30. The number of rotatable bonds is 8. The van der Waals surface area contributed by atoms with Crippen LogP contribution in [0.2, 0.25) is 0 Å². The molecule has 0 aliphatic carbocycles. The quantitative estimate of drug-likeness (QED) is 0.318. The van der Waals surface area contributed by atoms with E-state index in [4.69, 9.17) is 4.74 Å². The Morgan fingerprint density at radius 3 is 2.65 bits per heavy atom. The highest BCUT2D eigenvalue weighted by molar-refractivity contribution is 7.99. The topological polar surface area (TPSA) is 92.8 Å². The maximum absolute atomic E-state index is 12.6. The molecule has 0 aliphatic heterocycles. The summed E-state index contributed by atoms with van der Waals surface area (Å²) >= 11 is 2.63. The lowest BCUT2D eigenvalue weighted by molar-refractivity contribution is -0.113. The van der Waals surface area contributed by atoms with Crippen LogP contribution in [-0.4, -0.2) is 33.5 Å². The van der Waals surface area contributed by atoms with Crippen LogP contribution in [0.25, 0.3) is 17.1 Å². The van der Waals surface area contributed by atoms with Crippen molar-refractivity contribution in [3.63, 3.8) is 0 Å². The number of benzene rings is 2. The molecule has 0 radical (unpaired) electrons. The molecule has 0 atom stereocenters. The standard InChI is InChI=1S/C25H23N5O2S2/c1-16(2)20-6-4-5-7-21(20)30-23(17-8-10-19(32-3)11-9-17)28-29-25(30)34-15-22(31)27-24-18(14-26)12-13-33-24/h4-13,16H,15H2,1-3H3,(H,27,31). The molecule has 4 rings (SSSR count). The molecule has 0 aliphatic rings. The first-order valence-corrected chi connectivity index (χ1v) is 12.5. The Balaban J connectivity index is 1.68. The number of methoxy groups -OCH3 is 1. The van der Waals surface area contributed by atoms with E-state index < -0.39 is 0 Å². The monoisotopic (exact) mass is 489 g/mol. The van der Waals surface area contributed by atoms with Crippen molar-refractivity contribution in [2.45, 2.75) is 24.9 Å². The minimum Gasteiger partial charge on any atom is -0.497 e. The lowest BCUT2D eigenvalue weighted by atomic mass is 10.0. The van der Waals surface area contributed by atoms with Crippen LogP contribution in [0.3, 0.4) is 0 Å². The van der Waals surface area contributed by atoms with Crippen LogP contribution in [0.1, 0.15) is 30.9 Å². The van der Waals surface area contributed by atoms with E-state index in [9.17, 15) is 10.1 Å². The maximum Gasteiger partial charge on any atom is 0.235 e. The predicted molar refractivity (Wildman–Crippen MR) is 136 cm³/mol. The number of thioether (sulfide) groups is 1. The van der Waals surface area contributed by atoms with Crippen LogP contribution in [0.4, 0.5) is 5.00 Å². The van der Waals surface area contributed by atoms with E-state index in [0.717, 1.165) is 22.6 Å². The van der Waals surface area contributed by atoms with Crippen LogP contribution >= 0.6 is 23.1 Å². The zero-order chi connectivity index (χ0) is 24.1. The first-order chi connectivity index (χ1) is 16.5. The van der Waals surface area contributed by atoms with E-state index in [0.29, 0.717) is 21.5 Å². The van der Waals surface area contributed by atoms with E-state index in [1.165, 1.54) is 23.1 Å². The SMILES string of the molecule is COc1ccc(-c2nnc(SCC(=O)Nc3sccc3C#N)n2-c2ccccc2C(C)C)cc1. The second-order valence-electron chi connectivity index (χ2n) is 7.70. The van der Waals surface area contributed by atoms with Crippen LogP contribution < -0.4 is 10.1 Å². The van der Waals surface area contributed by atoms with Gasteiger partial charge in [-0.1, -0.05) is 43.8 Å². The van der Waals surface area contributed by atoms with Gasteiger partial charge in [-0.05, 0) is 53.3 Å². The molecule has 0 spiro atoms. The molecular weight excluding hydrogens is 466 g/mol. The van der Waals surface area contributed by atoms with Gasteiger partial charge in [-0.2, -0.15) is 5.26 Å². The summed E-state index contributed by atoms with van der Waals surface area (Å²) < 4.78 is 7.29. The number of hydrogen-bond donors (Lipinski definition) is 1. The molecule has 0 saturated carbocycles. The summed E-state index contributed by atoms with van der Waals surface area (Å²) in [4.78, 5) is 12.6. The van der Waals surface area contributed by atoms with Gasteiger partial charge in [-0.25, -0.2) is 0 Å². The number of thiophene rings is 1. The van der Waals surface area contributed by atoms with E-state index >= 15 is 0 Å².